The Morgan fingerprint density at radius 2 is 1.88 bits per heavy atom. The van der Waals surface area contributed by atoms with Crippen molar-refractivity contribution in [3.8, 4) is 17.2 Å². The summed E-state index contributed by atoms with van der Waals surface area (Å²) in [6.07, 6.45) is 1.75. The minimum Gasteiger partial charge on any atom is -0.465 e. The fraction of sp³-hybridized carbons (Fsp3) is 0.115. The summed E-state index contributed by atoms with van der Waals surface area (Å²) in [5.41, 5.74) is 4.39. The Morgan fingerprint density at radius 1 is 1.12 bits per heavy atom. The maximum atomic E-state index is 12.2. The Morgan fingerprint density at radius 3 is 2.64 bits per heavy atom. The molecule has 0 bridgehead atoms. The second kappa shape index (κ2) is 8.45. The standard InChI is InChI=1S/C26H19ClN4O2/c1-2-33-22(32)15-30-26-23(16-7-10-19(27)11-8-16)20(14-28)21-12-9-18-6-5-17-4-3-13-29-24(17)25(18)31(21)26/h3-13,30H,2,15H2,1H3. The van der Waals surface area contributed by atoms with Crippen LogP contribution in [-0.2, 0) is 9.53 Å². The van der Waals surface area contributed by atoms with Crippen molar-refractivity contribution in [2.24, 2.45) is 0 Å². The molecule has 0 saturated heterocycles. The summed E-state index contributed by atoms with van der Waals surface area (Å²) < 4.78 is 7.10. The van der Waals surface area contributed by atoms with Crippen molar-refractivity contribution in [2.75, 3.05) is 18.5 Å². The first kappa shape index (κ1) is 20.8. The number of hydrogen-bond donors (Lipinski definition) is 1. The van der Waals surface area contributed by atoms with Crippen molar-refractivity contribution in [3.05, 3.63) is 77.4 Å². The molecule has 33 heavy (non-hydrogen) atoms. The molecular formula is C26H19ClN4O2. The fourth-order valence-electron chi connectivity index (χ4n) is 4.21. The Labute approximate surface area is 195 Å². The van der Waals surface area contributed by atoms with E-state index < -0.39 is 0 Å². The van der Waals surface area contributed by atoms with Gasteiger partial charge in [-0.1, -0.05) is 48.0 Å². The third-order valence-electron chi connectivity index (χ3n) is 5.58. The predicted octanol–water partition coefficient (Wildman–Crippen LogP) is 5.81. The molecular weight excluding hydrogens is 436 g/mol. The van der Waals surface area contributed by atoms with Gasteiger partial charge in [0.05, 0.1) is 28.7 Å². The first-order chi connectivity index (χ1) is 16.1. The van der Waals surface area contributed by atoms with Crippen molar-refractivity contribution in [1.29, 1.82) is 5.26 Å². The van der Waals surface area contributed by atoms with Crippen LogP contribution >= 0.6 is 11.6 Å². The zero-order valence-electron chi connectivity index (χ0n) is 17.8. The summed E-state index contributed by atoms with van der Waals surface area (Å²) in [7, 11) is 0. The predicted molar refractivity (Wildman–Crippen MR) is 130 cm³/mol. The Bertz CT molecular complexity index is 1570. The second-order valence-electron chi connectivity index (χ2n) is 7.51. The molecule has 0 radical (unpaired) electrons. The van der Waals surface area contributed by atoms with Crippen LogP contribution in [0.1, 0.15) is 12.5 Å². The average Bonchev–Trinajstić information content (AvgIpc) is 3.16. The van der Waals surface area contributed by atoms with Crippen molar-refractivity contribution in [1.82, 2.24) is 9.38 Å². The molecule has 162 valence electrons. The number of carbonyl (C=O) groups excluding carboxylic acids is 1. The van der Waals surface area contributed by atoms with E-state index in [9.17, 15) is 10.1 Å². The summed E-state index contributed by atoms with van der Waals surface area (Å²) in [5, 5.41) is 16.0. The van der Waals surface area contributed by atoms with Gasteiger partial charge in [-0.05, 0) is 36.8 Å². The number of nitrogens with zero attached hydrogens (tertiary/aromatic N) is 3. The van der Waals surface area contributed by atoms with Crippen LogP contribution in [0.4, 0.5) is 5.82 Å². The topological polar surface area (TPSA) is 79.4 Å². The smallest absolute Gasteiger partial charge is 0.325 e. The van der Waals surface area contributed by atoms with Gasteiger partial charge in [0, 0.05) is 27.6 Å². The van der Waals surface area contributed by atoms with Crippen molar-refractivity contribution < 1.29 is 9.53 Å². The number of hydrogen-bond acceptors (Lipinski definition) is 5. The number of carbonyl (C=O) groups is 1. The average molecular weight is 455 g/mol. The number of nitriles is 1. The number of nitrogens with one attached hydrogen (secondary N) is 1. The summed E-state index contributed by atoms with van der Waals surface area (Å²) in [5.74, 6) is 0.247. The second-order valence-corrected chi connectivity index (χ2v) is 7.94. The van der Waals surface area contributed by atoms with Crippen LogP contribution in [0.25, 0.3) is 38.4 Å². The van der Waals surface area contributed by atoms with Crippen LogP contribution in [0, 0.1) is 11.3 Å². The van der Waals surface area contributed by atoms with Gasteiger partial charge in [0.25, 0.3) is 0 Å². The highest BCUT2D eigenvalue weighted by Crippen LogP contribution is 2.40. The molecule has 0 aliphatic heterocycles. The highest BCUT2D eigenvalue weighted by Gasteiger charge is 2.23. The van der Waals surface area contributed by atoms with Gasteiger partial charge in [0.15, 0.2) is 0 Å². The monoisotopic (exact) mass is 454 g/mol. The summed E-state index contributed by atoms with van der Waals surface area (Å²) in [4.78, 5) is 16.8. The Hall–Kier alpha value is -4.08. The molecule has 1 N–H and O–H groups in total. The van der Waals surface area contributed by atoms with E-state index in [2.05, 4.69) is 16.4 Å². The minimum atomic E-state index is -0.378. The van der Waals surface area contributed by atoms with E-state index >= 15 is 0 Å². The number of esters is 1. The quantitative estimate of drug-likeness (QED) is 0.268. The van der Waals surface area contributed by atoms with Gasteiger partial charge in [-0.25, -0.2) is 0 Å². The van der Waals surface area contributed by atoms with Gasteiger partial charge in [-0.15, -0.1) is 0 Å². The number of aromatic nitrogens is 2. The number of halogens is 1. The normalized spacial score (nSPS) is 11.1. The molecule has 0 saturated carbocycles. The fourth-order valence-corrected chi connectivity index (χ4v) is 4.34. The van der Waals surface area contributed by atoms with Crippen molar-refractivity contribution in [2.45, 2.75) is 6.92 Å². The molecule has 0 aliphatic carbocycles. The molecule has 7 heteroatoms. The number of anilines is 1. The van der Waals surface area contributed by atoms with Crippen molar-refractivity contribution in [3.63, 3.8) is 0 Å². The third-order valence-corrected chi connectivity index (χ3v) is 5.83. The van der Waals surface area contributed by atoms with E-state index in [0.717, 1.165) is 32.9 Å². The van der Waals surface area contributed by atoms with Crippen LogP contribution in [-0.4, -0.2) is 28.5 Å². The van der Waals surface area contributed by atoms with Gasteiger partial charge in [-0.3, -0.25) is 14.2 Å². The van der Waals surface area contributed by atoms with E-state index in [1.54, 1.807) is 25.3 Å². The molecule has 0 fully saturated rings. The number of benzene rings is 2. The molecule has 5 rings (SSSR count). The zero-order chi connectivity index (χ0) is 22.9. The van der Waals surface area contributed by atoms with Crippen LogP contribution in [0.3, 0.4) is 0 Å². The lowest BCUT2D eigenvalue weighted by atomic mass is 10.0. The van der Waals surface area contributed by atoms with Crippen LogP contribution in [0.15, 0.2) is 66.9 Å². The van der Waals surface area contributed by atoms with Crippen molar-refractivity contribution >= 4 is 50.7 Å². The van der Waals surface area contributed by atoms with Crippen LogP contribution < -0.4 is 5.32 Å². The molecule has 3 heterocycles. The lowest BCUT2D eigenvalue weighted by Crippen LogP contribution is -2.18. The SMILES string of the molecule is CCOC(=O)CNc1c(-c2ccc(Cl)cc2)c(C#N)c2ccc3ccc4cccnc4c3n12. The molecule has 2 aromatic carbocycles. The summed E-state index contributed by atoms with van der Waals surface area (Å²) in [6, 6.07) is 21.5. The molecule has 0 unspecified atom stereocenters. The van der Waals surface area contributed by atoms with Gasteiger partial charge >= 0.3 is 5.97 Å². The molecule has 6 nitrogen and oxygen atoms in total. The van der Waals surface area contributed by atoms with Gasteiger partial charge in [-0.2, -0.15) is 5.26 Å². The maximum Gasteiger partial charge on any atom is 0.325 e. The summed E-state index contributed by atoms with van der Waals surface area (Å²) >= 11 is 6.12. The van der Waals surface area contributed by atoms with Gasteiger partial charge < -0.3 is 10.1 Å². The van der Waals surface area contributed by atoms with E-state index in [1.807, 2.05) is 52.9 Å². The highest BCUT2D eigenvalue weighted by atomic mass is 35.5. The number of pyridine rings is 2. The third kappa shape index (κ3) is 3.53. The summed E-state index contributed by atoms with van der Waals surface area (Å²) in [6.45, 7) is 2.02. The minimum absolute atomic E-state index is 0.0417. The van der Waals surface area contributed by atoms with Crippen LogP contribution in [0.5, 0.6) is 0 Å². The maximum absolute atomic E-state index is 12.2. The molecule has 0 atom stereocenters. The first-order valence-corrected chi connectivity index (χ1v) is 10.9. The number of ether oxygens (including phenoxy) is 1. The molecule has 0 amide bonds. The largest absolute Gasteiger partial charge is 0.465 e. The van der Waals surface area contributed by atoms with E-state index in [0.29, 0.717) is 28.6 Å². The first-order valence-electron chi connectivity index (χ1n) is 10.5. The molecule has 0 aliphatic rings. The van der Waals surface area contributed by atoms with Gasteiger partial charge in [0.2, 0.25) is 0 Å². The highest BCUT2D eigenvalue weighted by molar-refractivity contribution is 6.30. The Kier molecular flexibility index (Phi) is 5.33. The lowest BCUT2D eigenvalue weighted by molar-refractivity contribution is -0.140. The van der Waals surface area contributed by atoms with E-state index in [4.69, 9.17) is 16.3 Å². The van der Waals surface area contributed by atoms with Crippen LogP contribution in [0.2, 0.25) is 5.02 Å². The van der Waals surface area contributed by atoms with E-state index in [-0.39, 0.29) is 12.5 Å². The van der Waals surface area contributed by atoms with Gasteiger partial charge in [0.1, 0.15) is 18.4 Å². The molecule has 0 spiro atoms. The zero-order valence-corrected chi connectivity index (χ0v) is 18.6. The molecule has 5 aromatic rings. The number of fused-ring (bicyclic) bond motifs is 5. The Balaban J connectivity index is 1.90. The lowest BCUT2D eigenvalue weighted by Gasteiger charge is -2.13. The molecule has 3 aromatic heterocycles. The number of rotatable bonds is 5. The van der Waals surface area contributed by atoms with E-state index in [1.165, 1.54) is 0 Å².